The lowest BCUT2D eigenvalue weighted by atomic mass is 10.1. The summed E-state index contributed by atoms with van der Waals surface area (Å²) >= 11 is 6.07. The van der Waals surface area contributed by atoms with Crippen molar-refractivity contribution in [3.63, 3.8) is 0 Å². The summed E-state index contributed by atoms with van der Waals surface area (Å²) in [6, 6.07) is 5.63. The monoisotopic (exact) mass is 277 g/mol. The molecule has 1 amide bonds. The van der Waals surface area contributed by atoms with E-state index in [9.17, 15) is 4.79 Å². The number of rotatable bonds is 2. The fourth-order valence-electron chi connectivity index (χ4n) is 1.70. The van der Waals surface area contributed by atoms with E-state index in [1.54, 1.807) is 6.08 Å². The Morgan fingerprint density at radius 1 is 1.42 bits per heavy atom. The van der Waals surface area contributed by atoms with Crippen molar-refractivity contribution in [1.82, 2.24) is 14.7 Å². The second kappa shape index (κ2) is 5.05. The fourth-order valence-corrected chi connectivity index (χ4v) is 1.94. The molecule has 2 aromatic heterocycles. The summed E-state index contributed by atoms with van der Waals surface area (Å²) in [5, 5.41) is 3.23. The smallest absolute Gasteiger partial charge is 0.244 e. The van der Waals surface area contributed by atoms with Crippen molar-refractivity contribution in [2.45, 2.75) is 26.3 Å². The largest absolute Gasteiger partial charge is 0.348 e. The fraction of sp³-hybridized carbons (Fsp3) is 0.286. The predicted octanol–water partition coefficient (Wildman–Crippen LogP) is 2.92. The average molecular weight is 278 g/mol. The van der Waals surface area contributed by atoms with Crippen molar-refractivity contribution in [1.29, 1.82) is 0 Å². The van der Waals surface area contributed by atoms with Gasteiger partial charge in [-0.1, -0.05) is 17.7 Å². The first-order chi connectivity index (χ1) is 8.87. The number of aromatic nitrogens is 2. The van der Waals surface area contributed by atoms with E-state index in [2.05, 4.69) is 10.3 Å². The molecule has 0 aliphatic carbocycles. The number of hydrogen-bond donors (Lipinski definition) is 1. The molecule has 2 rings (SSSR count). The van der Waals surface area contributed by atoms with E-state index in [4.69, 9.17) is 11.6 Å². The normalized spacial score (nSPS) is 12.2. The SMILES string of the molecule is CC(C)(C)NC(=O)/C=C/c1c(Cl)nc2ccccn12. The van der Waals surface area contributed by atoms with Crippen molar-refractivity contribution in [3.8, 4) is 0 Å². The highest BCUT2D eigenvalue weighted by Crippen LogP contribution is 2.18. The molecule has 100 valence electrons. The molecule has 0 saturated carbocycles. The standard InChI is InChI=1S/C14H16ClN3O/c1-14(2,3)17-12(19)8-7-10-13(15)16-11-6-4-5-9-18(10)11/h4-9H,1-3H3,(H,17,19)/b8-7+. The Hall–Kier alpha value is -1.81. The second-order valence-corrected chi connectivity index (χ2v) is 5.65. The molecular formula is C14H16ClN3O. The number of nitrogens with one attached hydrogen (secondary N) is 1. The van der Waals surface area contributed by atoms with Crippen molar-refractivity contribution >= 4 is 29.2 Å². The molecule has 0 aromatic carbocycles. The van der Waals surface area contributed by atoms with E-state index in [1.165, 1.54) is 6.08 Å². The Bertz CT molecular complexity index is 638. The van der Waals surface area contributed by atoms with Crippen LogP contribution in [0.5, 0.6) is 0 Å². The van der Waals surface area contributed by atoms with Gasteiger partial charge in [-0.25, -0.2) is 4.98 Å². The minimum Gasteiger partial charge on any atom is -0.348 e. The molecule has 1 N–H and O–H groups in total. The Morgan fingerprint density at radius 3 is 2.84 bits per heavy atom. The molecule has 0 aliphatic heterocycles. The average Bonchev–Trinajstić information content (AvgIpc) is 2.60. The van der Waals surface area contributed by atoms with Crippen LogP contribution in [0.25, 0.3) is 11.7 Å². The summed E-state index contributed by atoms with van der Waals surface area (Å²) in [5.74, 6) is -0.158. The molecule has 4 nitrogen and oxygen atoms in total. The molecule has 0 saturated heterocycles. The van der Waals surface area contributed by atoms with Gasteiger partial charge in [0.25, 0.3) is 0 Å². The van der Waals surface area contributed by atoms with Gasteiger partial charge in [0.05, 0.1) is 5.69 Å². The van der Waals surface area contributed by atoms with Gasteiger partial charge < -0.3 is 5.32 Å². The third kappa shape index (κ3) is 3.35. The number of nitrogens with zero attached hydrogens (tertiary/aromatic N) is 2. The zero-order chi connectivity index (χ0) is 14.0. The Morgan fingerprint density at radius 2 is 2.16 bits per heavy atom. The third-order valence-electron chi connectivity index (χ3n) is 2.41. The zero-order valence-corrected chi connectivity index (χ0v) is 11.9. The molecular weight excluding hydrogens is 262 g/mol. The van der Waals surface area contributed by atoms with Gasteiger partial charge in [-0.15, -0.1) is 0 Å². The van der Waals surface area contributed by atoms with E-state index in [0.29, 0.717) is 10.8 Å². The van der Waals surface area contributed by atoms with Gasteiger partial charge in [0.2, 0.25) is 5.91 Å². The van der Waals surface area contributed by atoms with Crippen LogP contribution in [0.2, 0.25) is 5.15 Å². The van der Waals surface area contributed by atoms with Gasteiger partial charge in [0.15, 0.2) is 5.15 Å². The first-order valence-electron chi connectivity index (χ1n) is 6.00. The lowest BCUT2D eigenvalue weighted by Gasteiger charge is -2.18. The number of halogens is 1. The van der Waals surface area contributed by atoms with E-state index in [0.717, 1.165) is 5.65 Å². The molecule has 0 spiro atoms. The van der Waals surface area contributed by atoms with Crippen molar-refractivity contribution in [2.75, 3.05) is 0 Å². The lowest BCUT2D eigenvalue weighted by molar-refractivity contribution is -0.117. The Kier molecular flexibility index (Phi) is 3.62. The Balaban J connectivity index is 2.26. The number of pyridine rings is 1. The molecule has 2 aromatic rings. The molecule has 0 fully saturated rings. The third-order valence-corrected chi connectivity index (χ3v) is 2.69. The van der Waals surface area contributed by atoms with Gasteiger partial charge in [-0.3, -0.25) is 9.20 Å². The van der Waals surface area contributed by atoms with Gasteiger partial charge in [0, 0.05) is 17.8 Å². The van der Waals surface area contributed by atoms with E-state index >= 15 is 0 Å². The number of imidazole rings is 1. The maximum absolute atomic E-state index is 11.7. The summed E-state index contributed by atoms with van der Waals surface area (Å²) in [7, 11) is 0. The van der Waals surface area contributed by atoms with Crippen molar-refractivity contribution < 1.29 is 4.79 Å². The summed E-state index contributed by atoms with van der Waals surface area (Å²) in [6.07, 6.45) is 4.99. The van der Waals surface area contributed by atoms with Gasteiger partial charge in [-0.05, 0) is 39.0 Å². The van der Waals surface area contributed by atoms with Crippen LogP contribution in [0.3, 0.4) is 0 Å². The number of hydrogen-bond acceptors (Lipinski definition) is 2. The number of fused-ring (bicyclic) bond motifs is 1. The van der Waals surface area contributed by atoms with Crippen LogP contribution >= 0.6 is 11.6 Å². The number of amides is 1. The van der Waals surface area contributed by atoms with Crippen LogP contribution in [0.1, 0.15) is 26.5 Å². The maximum atomic E-state index is 11.7. The maximum Gasteiger partial charge on any atom is 0.244 e. The first-order valence-corrected chi connectivity index (χ1v) is 6.37. The summed E-state index contributed by atoms with van der Waals surface area (Å²) in [6.45, 7) is 5.79. The van der Waals surface area contributed by atoms with Crippen LogP contribution in [0.4, 0.5) is 0 Å². The molecule has 0 bridgehead atoms. The predicted molar refractivity (Wildman–Crippen MR) is 77.1 cm³/mol. The van der Waals surface area contributed by atoms with Crippen LogP contribution in [0, 0.1) is 0 Å². The van der Waals surface area contributed by atoms with Crippen LogP contribution < -0.4 is 5.32 Å². The van der Waals surface area contributed by atoms with Crippen LogP contribution in [0.15, 0.2) is 30.5 Å². The van der Waals surface area contributed by atoms with Crippen LogP contribution in [-0.2, 0) is 4.79 Å². The van der Waals surface area contributed by atoms with Gasteiger partial charge >= 0.3 is 0 Å². The minimum atomic E-state index is -0.259. The number of carbonyl (C=O) groups is 1. The molecule has 0 aliphatic rings. The van der Waals surface area contributed by atoms with E-state index < -0.39 is 0 Å². The first kappa shape index (κ1) is 13.6. The Labute approximate surface area is 117 Å². The summed E-state index contributed by atoms with van der Waals surface area (Å²) < 4.78 is 1.84. The topological polar surface area (TPSA) is 46.4 Å². The molecule has 19 heavy (non-hydrogen) atoms. The van der Waals surface area contributed by atoms with E-state index in [-0.39, 0.29) is 11.4 Å². The highest BCUT2D eigenvalue weighted by Gasteiger charge is 2.12. The molecule has 0 unspecified atom stereocenters. The summed E-state index contributed by atoms with van der Waals surface area (Å²) in [4.78, 5) is 15.9. The van der Waals surface area contributed by atoms with Gasteiger partial charge in [-0.2, -0.15) is 0 Å². The van der Waals surface area contributed by atoms with Crippen molar-refractivity contribution in [3.05, 3.63) is 41.3 Å². The molecule has 0 atom stereocenters. The number of carbonyl (C=O) groups excluding carboxylic acids is 1. The molecule has 5 heteroatoms. The summed E-state index contributed by atoms with van der Waals surface area (Å²) in [5.41, 5.74) is 1.19. The van der Waals surface area contributed by atoms with Gasteiger partial charge in [0.1, 0.15) is 5.65 Å². The highest BCUT2D eigenvalue weighted by atomic mass is 35.5. The lowest BCUT2D eigenvalue weighted by Crippen LogP contribution is -2.39. The van der Waals surface area contributed by atoms with Crippen molar-refractivity contribution in [2.24, 2.45) is 0 Å². The zero-order valence-electron chi connectivity index (χ0n) is 11.1. The molecule has 2 heterocycles. The highest BCUT2D eigenvalue weighted by molar-refractivity contribution is 6.31. The van der Waals surface area contributed by atoms with Crippen LogP contribution in [-0.4, -0.2) is 20.8 Å². The van der Waals surface area contributed by atoms with E-state index in [1.807, 2.05) is 49.6 Å². The second-order valence-electron chi connectivity index (χ2n) is 5.29. The quantitative estimate of drug-likeness (QED) is 0.858. The minimum absolute atomic E-state index is 0.158. The molecule has 0 radical (unpaired) electrons.